The van der Waals surface area contributed by atoms with Crippen molar-refractivity contribution in [3.05, 3.63) is 35.1 Å². The van der Waals surface area contributed by atoms with Crippen molar-refractivity contribution < 1.29 is 14.4 Å². The zero-order valence-corrected chi connectivity index (χ0v) is 15.2. The van der Waals surface area contributed by atoms with Crippen LogP contribution in [-0.4, -0.2) is 62.9 Å². The van der Waals surface area contributed by atoms with E-state index < -0.39 is 0 Å². The Morgan fingerprint density at radius 1 is 1.23 bits per heavy atom. The molecule has 0 radical (unpaired) electrons. The summed E-state index contributed by atoms with van der Waals surface area (Å²) >= 11 is 1.38. The molecule has 2 aliphatic heterocycles. The van der Waals surface area contributed by atoms with Crippen molar-refractivity contribution in [1.82, 2.24) is 24.7 Å². The van der Waals surface area contributed by atoms with Crippen LogP contribution in [0.25, 0.3) is 5.13 Å². The lowest BCUT2D eigenvalue weighted by molar-refractivity contribution is -0.127. The normalized spacial score (nSPS) is 18.5. The van der Waals surface area contributed by atoms with Gasteiger partial charge < -0.3 is 14.8 Å². The molecule has 1 N–H and O–H groups in total. The van der Waals surface area contributed by atoms with Gasteiger partial charge in [-0.1, -0.05) is 11.3 Å². The molecule has 4 heterocycles. The average molecular weight is 373 g/mol. The molecular weight excluding hydrogens is 354 g/mol. The number of nitrogens with one attached hydrogen (secondary N) is 1. The molecule has 4 rings (SSSR count). The van der Waals surface area contributed by atoms with E-state index in [1.54, 1.807) is 4.90 Å². The average Bonchev–Trinajstić information content (AvgIpc) is 3.36. The quantitative estimate of drug-likeness (QED) is 0.824. The van der Waals surface area contributed by atoms with Crippen LogP contribution < -0.4 is 5.32 Å². The van der Waals surface area contributed by atoms with Gasteiger partial charge in [-0.15, -0.1) is 0 Å². The van der Waals surface area contributed by atoms with E-state index in [0.717, 1.165) is 10.8 Å². The molecule has 8 nitrogen and oxygen atoms in total. The zero-order valence-electron chi connectivity index (χ0n) is 14.3. The Morgan fingerprint density at radius 3 is 2.54 bits per heavy atom. The van der Waals surface area contributed by atoms with Gasteiger partial charge >= 0.3 is 6.03 Å². The van der Waals surface area contributed by atoms with E-state index in [4.69, 9.17) is 0 Å². The number of hydrogen-bond acceptors (Lipinski definition) is 5. The number of likely N-dealkylation sites (tertiary alicyclic amines) is 1. The molecule has 0 aromatic carbocycles. The predicted octanol–water partition coefficient (Wildman–Crippen LogP) is 1.40. The van der Waals surface area contributed by atoms with Gasteiger partial charge in [0.05, 0.1) is 12.2 Å². The van der Waals surface area contributed by atoms with Gasteiger partial charge in [-0.2, -0.15) is 0 Å². The molecule has 2 fully saturated rings. The first-order valence-corrected chi connectivity index (χ1v) is 9.36. The van der Waals surface area contributed by atoms with Gasteiger partial charge in [0.2, 0.25) is 5.91 Å². The number of rotatable bonds is 3. The molecule has 26 heavy (non-hydrogen) atoms. The van der Waals surface area contributed by atoms with E-state index in [1.165, 1.54) is 16.2 Å². The highest BCUT2D eigenvalue weighted by Crippen LogP contribution is 2.26. The summed E-state index contributed by atoms with van der Waals surface area (Å²) in [6.45, 7) is 2.96. The monoisotopic (exact) mass is 373 g/mol. The van der Waals surface area contributed by atoms with Gasteiger partial charge in [0.15, 0.2) is 5.13 Å². The molecule has 2 saturated heterocycles. The summed E-state index contributed by atoms with van der Waals surface area (Å²) in [5.41, 5.74) is 0.722. The number of aromatic nitrogens is 2. The lowest BCUT2D eigenvalue weighted by atomic mass is 10.0. The third kappa shape index (κ3) is 2.88. The topological polar surface area (TPSA) is 87.5 Å². The van der Waals surface area contributed by atoms with Gasteiger partial charge in [0.25, 0.3) is 5.91 Å². The van der Waals surface area contributed by atoms with Crippen LogP contribution in [0.2, 0.25) is 0 Å². The smallest absolute Gasteiger partial charge is 0.324 e. The van der Waals surface area contributed by atoms with E-state index >= 15 is 0 Å². The van der Waals surface area contributed by atoms with Gasteiger partial charge in [0, 0.05) is 31.5 Å². The minimum atomic E-state index is -0.325. The predicted molar refractivity (Wildman–Crippen MR) is 95.3 cm³/mol. The molecule has 0 saturated carbocycles. The molecule has 9 heteroatoms. The number of amides is 4. The largest absolute Gasteiger partial charge is 0.338 e. The van der Waals surface area contributed by atoms with Crippen LogP contribution in [0.15, 0.2) is 24.5 Å². The first kappa shape index (κ1) is 16.8. The van der Waals surface area contributed by atoms with Crippen molar-refractivity contribution in [2.45, 2.75) is 25.8 Å². The van der Waals surface area contributed by atoms with Crippen molar-refractivity contribution >= 4 is 29.2 Å². The van der Waals surface area contributed by atoms with Crippen molar-refractivity contribution in [3.8, 4) is 5.13 Å². The van der Waals surface area contributed by atoms with Gasteiger partial charge in [-0.3, -0.25) is 14.5 Å². The lowest BCUT2D eigenvalue weighted by Gasteiger charge is -2.35. The van der Waals surface area contributed by atoms with E-state index in [1.807, 2.05) is 36.0 Å². The van der Waals surface area contributed by atoms with E-state index in [2.05, 4.69) is 10.3 Å². The Hall–Kier alpha value is -2.68. The van der Waals surface area contributed by atoms with Crippen molar-refractivity contribution in [2.24, 2.45) is 0 Å². The molecule has 0 atom stereocenters. The van der Waals surface area contributed by atoms with Crippen LogP contribution in [0.3, 0.4) is 0 Å². The molecule has 4 amide bonds. The molecule has 0 unspecified atom stereocenters. The molecule has 2 aromatic heterocycles. The number of thiazole rings is 1. The Balaban J connectivity index is 1.44. The minimum Gasteiger partial charge on any atom is -0.338 e. The van der Waals surface area contributed by atoms with Crippen LogP contribution in [0.5, 0.6) is 0 Å². The SMILES string of the molecule is Cc1nc(-n2cccc2)sc1C(=O)N1CCC(N2C(=O)CNC2=O)CC1. The second-order valence-corrected chi connectivity index (χ2v) is 7.42. The molecule has 0 bridgehead atoms. The Labute approximate surface area is 154 Å². The Morgan fingerprint density at radius 2 is 1.92 bits per heavy atom. The summed E-state index contributed by atoms with van der Waals surface area (Å²) in [6, 6.07) is 3.37. The zero-order chi connectivity index (χ0) is 18.3. The van der Waals surface area contributed by atoms with Crippen LogP contribution in [0, 0.1) is 6.92 Å². The third-order valence-corrected chi connectivity index (χ3v) is 5.96. The summed E-state index contributed by atoms with van der Waals surface area (Å²) in [7, 11) is 0. The van der Waals surface area contributed by atoms with Crippen LogP contribution in [0.1, 0.15) is 28.2 Å². The minimum absolute atomic E-state index is 0.0333. The van der Waals surface area contributed by atoms with E-state index in [9.17, 15) is 14.4 Å². The van der Waals surface area contributed by atoms with E-state index in [-0.39, 0.29) is 30.4 Å². The first-order valence-electron chi connectivity index (χ1n) is 8.54. The molecule has 2 aliphatic rings. The highest BCUT2D eigenvalue weighted by atomic mass is 32.1. The molecular formula is C17H19N5O3S. The second kappa shape index (κ2) is 6.56. The Bertz CT molecular complexity index is 836. The van der Waals surface area contributed by atoms with E-state index in [0.29, 0.717) is 30.8 Å². The number of imide groups is 1. The van der Waals surface area contributed by atoms with Gasteiger partial charge in [-0.25, -0.2) is 9.78 Å². The Kier molecular flexibility index (Phi) is 4.23. The number of carbonyl (C=O) groups excluding carboxylic acids is 3. The fourth-order valence-electron chi connectivity index (χ4n) is 3.43. The highest BCUT2D eigenvalue weighted by Gasteiger charge is 2.37. The fraction of sp³-hybridized carbons (Fsp3) is 0.412. The number of piperidine rings is 1. The number of carbonyl (C=O) groups is 3. The van der Waals surface area contributed by atoms with Crippen molar-refractivity contribution in [2.75, 3.05) is 19.6 Å². The van der Waals surface area contributed by atoms with Crippen LogP contribution >= 0.6 is 11.3 Å². The highest BCUT2D eigenvalue weighted by molar-refractivity contribution is 7.16. The maximum atomic E-state index is 12.9. The summed E-state index contributed by atoms with van der Waals surface area (Å²) in [5, 5.41) is 3.32. The molecule has 136 valence electrons. The number of hydrogen-bond donors (Lipinski definition) is 1. The summed E-state index contributed by atoms with van der Waals surface area (Å²) in [5.74, 6) is -0.219. The number of nitrogens with zero attached hydrogens (tertiary/aromatic N) is 4. The summed E-state index contributed by atoms with van der Waals surface area (Å²) in [6.07, 6.45) is 5.01. The van der Waals surface area contributed by atoms with Crippen LogP contribution in [-0.2, 0) is 4.79 Å². The summed E-state index contributed by atoms with van der Waals surface area (Å²) < 4.78 is 1.89. The summed E-state index contributed by atoms with van der Waals surface area (Å²) in [4.78, 5) is 44.7. The second-order valence-electron chi connectivity index (χ2n) is 6.45. The molecule has 0 spiro atoms. The van der Waals surface area contributed by atoms with Gasteiger partial charge in [-0.05, 0) is 31.9 Å². The standard InChI is InChI=1S/C17H19N5O3S/c1-11-14(26-17(19-11)21-6-2-3-7-21)15(24)20-8-4-12(5-9-20)22-13(23)10-18-16(22)25/h2-3,6-7,12H,4-5,8-10H2,1H3,(H,18,25). The maximum Gasteiger partial charge on any atom is 0.324 e. The number of urea groups is 1. The lowest BCUT2D eigenvalue weighted by Crippen LogP contribution is -2.49. The van der Waals surface area contributed by atoms with Gasteiger partial charge in [0.1, 0.15) is 4.88 Å². The molecule has 0 aliphatic carbocycles. The molecule has 2 aromatic rings. The maximum absolute atomic E-state index is 12.9. The third-order valence-electron chi connectivity index (χ3n) is 4.80. The first-order chi connectivity index (χ1) is 12.5. The number of aryl methyl sites for hydroxylation is 1. The fourth-order valence-corrected chi connectivity index (χ4v) is 4.43. The van der Waals surface area contributed by atoms with Crippen LogP contribution in [0.4, 0.5) is 4.79 Å². The van der Waals surface area contributed by atoms with Crippen molar-refractivity contribution in [1.29, 1.82) is 0 Å². The van der Waals surface area contributed by atoms with Crippen molar-refractivity contribution in [3.63, 3.8) is 0 Å².